The summed E-state index contributed by atoms with van der Waals surface area (Å²) in [6.45, 7) is 5.14. The number of allylic oxidation sites excluding steroid dienone is 2. The van der Waals surface area contributed by atoms with Gasteiger partial charge in [-0.3, -0.25) is 14.6 Å². The van der Waals surface area contributed by atoms with E-state index in [1.54, 1.807) is 37.3 Å². The quantitative estimate of drug-likeness (QED) is 0.558. The van der Waals surface area contributed by atoms with Crippen molar-refractivity contribution in [2.75, 3.05) is 0 Å². The smallest absolute Gasteiger partial charge is 0.349 e. The van der Waals surface area contributed by atoms with Gasteiger partial charge in [-0.15, -0.1) is 5.10 Å². The van der Waals surface area contributed by atoms with Crippen molar-refractivity contribution in [3.05, 3.63) is 84.1 Å². The van der Waals surface area contributed by atoms with E-state index in [-0.39, 0.29) is 27.3 Å². The number of nitriles is 1. The fourth-order valence-corrected chi connectivity index (χ4v) is 3.59. The number of H-pyrrole nitrogens is 1. The molecule has 3 rings (SSSR count). The number of carbonyl (C=O) groups excluding carboxylic acids is 1. The minimum atomic E-state index is -0.896. The Balaban J connectivity index is 2.05. The van der Waals surface area contributed by atoms with Crippen LogP contribution >= 0.6 is 23.2 Å². The molecular formula is C22H16Cl2N4O4. The van der Waals surface area contributed by atoms with Gasteiger partial charge in [0.1, 0.15) is 11.8 Å². The third kappa shape index (κ3) is 4.49. The normalized spacial score (nSPS) is 11.2. The van der Waals surface area contributed by atoms with Crippen LogP contribution in [0, 0.1) is 18.3 Å². The zero-order chi connectivity index (χ0) is 23.6. The molecule has 0 unspecified atom stereocenters. The summed E-state index contributed by atoms with van der Waals surface area (Å²) in [5, 5.41) is 12.8. The van der Waals surface area contributed by atoms with Crippen LogP contribution in [0.2, 0.25) is 10.0 Å². The number of ketones is 1. The van der Waals surface area contributed by atoms with Gasteiger partial charge in [0.25, 0.3) is 5.56 Å². The first-order chi connectivity index (χ1) is 15.2. The van der Waals surface area contributed by atoms with Crippen LogP contribution in [-0.2, 0) is 4.79 Å². The zero-order valence-corrected chi connectivity index (χ0v) is 18.7. The second kappa shape index (κ2) is 9.22. The highest BCUT2D eigenvalue weighted by molar-refractivity contribution is 6.37. The first kappa shape index (κ1) is 23.0. The van der Waals surface area contributed by atoms with Gasteiger partial charge in [-0.05, 0) is 56.2 Å². The van der Waals surface area contributed by atoms with Crippen molar-refractivity contribution in [3.63, 3.8) is 0 Å². The summed E-state index contributed by atoms with van der Waals surface area (Å²) in [4.78, 5) is 37.6. The Morgan fingerprint density at radius 1 is 1.22 bits per heavy atom. The average molecular weight is 471 g/mol. The molecule has 1 N–H and O–H groups in total. The molecule has 32 heavy (non-hydrogen) atoms. The number of aromatic amines is 1. The van der Waals surface area contributed by atoms with Crippen LogP contribution in [0.25, 0.3) is 11.3 Å². The van der Waals surface area contributed by atoms with Gasteiger partial charge in [-0.1, -0.05) is 35.3 Å². The maximum atomic E-state index is 12.1. The number of nitrogens with zero attached hydrogens (tertiary/aromatic N) is 3. The Bertz CT molecular complexity index is 1410. The molecule has 1 heterocycles. The molecule has 0 aliphatic carbocycles. The maximum absolute atomic E-state index is 12.1. The molecule has 0 amide bonds. The number of nitrogens with one attached hydrogen (secondary N) is 1. The Morgan fingerprint density at radius 2 is 1.88 bits per heavy atom. The lowest BCUT2D eigenvalue weighted by molar-refractivity contribution is -0.111. The summed E-state index contributed by atoms with van der Waals surface area (Å²) < 4.78 is 6.68. The topological polar surface area (TPSA) is 118 Å². The number of rotatable bonds is 5. The number of aromatic nitrogens is 3. The van der Waals surface area contributed by atoms with E-state index in [0.717, 1.165) is 15.8 Å². The van der Waals surface area contributed by atoms with Crippen LogP contribution in [0.1, 0.15) is 30.7 Å². The molecule has 10 heteroatoms. The van der Waals surface area contributed by atoms with Crippen molar-refractivity contribution < 1.29 is 9.53 Å². The molecule has 0 bridgehead atoms. The number of Topliss-reactive ketones (excluding diaryl/α,β-unsaturated/α-hetero) is 1. The number of hydrogen-bond donors (Lipinski definition) is 1. The van der Waals surface area contributed by atoms with E-state index in [2.05, 4.69) is 5.10 Å². The third-order valence-corrected chi connectivity index (χ3v) is 5.11. The van der Waals surface area contributed by atoms with Gasteiger partial charge in [0.2, 0.25) is 5.69 Å². The van der Waals surface area contributed by atoms with E-state index >= 15 is 0 Å². The fraction of sp³-hybridized carbons (Fsp3) is 0.136. The number of halogens is 2. The Labute approximate surface area is 192 Å². The van der Waals surface area contributed by atoms with E-state index in [9.17, 15) is 14.4 Å². The van der Waals surface area contributed by atoms with Gasteiger partial charge >= 0.3 is 5.69 Å². The summed E-state index contributed by atoms with van der Waals surface area (Å²) in [6.07, 6.45) is 1.73. The fourth-order valence-electron chi connectivity index (χ4n) is 3.04. The van der Waals surface area contributed by atoms with Gasteiger partial charge in [0, 0.05) is 5.57 Å². The lowest BCUT2D eigenvalue weighted by Crippen LogP contribution is -2.33. The predicted octanol–water partition coefficient (Wildman–Crippen LogP) is 4.19. The van der Waals surface area contributed by atoms with Crippen molar-refractivity contribution in [2.24, 2.45) is 0 Å². The minimum absolute atomic E-state index is 0.0610. The molecule has 0 fully saturated rings. The Hall–Kier alpha value is -3.67. The van der Waals surface area contributed by atoms with E-state index in [0.29, 0.717) is 11.3 Å². The largest absolute Gasteiger partial charge is 0.454 e. The number of ether oxygens (including phenoxy) is 1. The highest BCUT2D eigenvalue weighted by Crippen LogP contribution is 2.39. The summed E-state index contributed by atoms with van der Waals surface area (Å²) in [5.74, 6) is 0.437. The monoisotopic (exact) mass is 470 g/mol. The number of aryl methyl sites for hydroxylation is 1. The molecule has 3 aromatic rings. The highest BCUT2D eigenvalue weighted by Gasteiger charge is 2.16. The van der Waals surface area contributed by atoms with Crippen molar-refractivity contribution in [2.45, 2.75) is 20.8 Å². The van der Waals surface area contributed by atoms with E-state index in [1.165, 1.54) is 19.1 Å². The van der Waals surface area contributed by atoms with E-state index in [4.69, 9.17) is 33.2 Å². The SMILES string of the molecule is C/C=C(/C(C)=O)c1cc(Oc2c(Cl)cc(-n3nc(C#N)c(=O)[nH]c3=O)cc2Cl)ccc1C. The lowest BCUT2D eigenvalue weighted by Gasteiger charge is -2.14. The molecule has 0 aliphatic rings. The standard InChI is InChI=1S/C22H16Cl2N4O4/c1-4-15(12(3)29)16-9-14(6-5-11(16)2)32-20-17(23)7-13(8-18(20)24)28-22(31)26-21(30)19(10-25)27-28/h4-9H,1-3H3,(H,26,30,31)/b15-4-. The van der Waals surface area contributed by atoms with Gasteiger partial charge in [0.05, 0.1) is 15.7 Å². The van der Waals surface area contributed by atoms with Gasteiger partial charge < -0.3 is 4.74 Å². The van der Waals surface area contributed by atoms with Crippen LogP contribution in [0.3, 0.4) is 0 Å². The summed E-state index contributed by atoms with van der Waals surface area (Å²) in [6, 6.07) is 9.55. The molecule has 0 saturated heterocycles. The molecule has 0 atom stereocenters. The minimum Gasteiger partial charge on any atom is -0.454 e. The summed E-state index contributed by atoms with van der Waals surface area (Å²) in [7, 11) is 0. The number of benzene rings is 2. The maximum Gasteiger partial charge on any atom is 0.349 e. The Kier molecular flexibility index (Phi) is 6.63. The first-order valence-electron chi connectivity index (χ1n) is 9.25. The molecular weight excluding hydrogens is 455 g/mol. The van der Waals surface area contributed by atoms with Crippen molar-refractivity contribution in [1.29, 1.82) is 5.26 Å². The van der Waals surface area contributed by atoms with Crippen molar-refractivity contribution in [3.8, 4) is 23.3 Å². The van der Waals surface area contributed by atoms with Crippen LogP contribution in [0.5, 0.6) is 11.5 Å². The average Bonchev–Trinajstić information content (AvgIpc) is 2.73. The molecule has 1 aromatic heterocycles. The summed E-state index contributed by atoms with van der Waals surface area (Å²) >= 11 is 12.7. The highest BCUT2D eigenvalue weighted by atomic mass is 35.5. The Morgan fingerprint density at radius 3 is 2.44 bits per heavy atom. The van der Waals surface area contributed by atoms with E-state index in [1.807, 2.05) is 11.9 Å². The van der Waals surface area contributed by atoms with Crippen molar-refractivity contribution in [1.82, 2.24) is 14.8 Å². The molecule has 8 nitrogen and oxygen atoms in total. The first-order valence-corrected chi connectivity index (χ1v) is 10.0. The number of hydrogen-bond acceptors (Lipinski definition) is 6. The molecule has 2 aromatic carbocycles. The number of carbonyl (C=O) groups is 1. The molecule has 162 valence electrons. The molecule has 0 aliphatic heterocycles. The second-order valence-electron chi connectivity index (χ2n) is 6.71. The molecule has 0 spiro atoms. The van der Waals surface area contributed by atoms with Crippen LogP contribution in [0.15, 0.2) is 46.0 Å². The predicted molar refractivity (Wildman–Crippen MR) is 121 cm³/mol. The zero-order valence-electron chi connectivity index (χ0n) is 17.2. The van der Waals surface area contributed by atoms with Gasteiger partial charge in [-0.2, -0.15) is 9.94 Å². The summed E-state index contributed by atoms with van der Waals surface area (Å²) in [5.41, 5.74) is 0.0435. The van der Waals surface area contributed by atoms with E-state index < -0.39 is 16.9 Å². The van der Waals surface area contributed by atoms with Crippen LogP contribution < -0.4 is 16.0 Å². The lowest BCUT2D eigenvalue weighted by atomic mass is 9.97. The van der Waals surface area contributed by atoms with Gasteiger partial charge in [-0.25, -0.2) is 4.79 Å². The third-order valence-electron chi connectivity index (χ3n) is 4.55. The van der Waals surface area contributed by atoms with Crippen LogP contribution in [-0.4, -0.2) is 20.5 Å². The van der Waals surface area contributed by atoms with Crippen molar-refractivity contribution >= 4 is 34.6 Å². The van der Waals surface area contributed by atoms with Gasteiger partial charge in [0.15, 0.2) is 11.5 Å². The second-order valence-corrected chi connectivity index (χ2v) is 7.52. The molecule has 0 saturated carbocycles. The molecule has 0 radical (unpaired) electrons. The van der Waals surface area contributed by atoms with Crippen LogP contribution in [0.4, 0.5) is 0 Å².